The molecule has 2 rings (SSSR count). The number of benzene rings is 1. The zero-order valence-electron chi connectivity index (χ0n) is 11.1. The molecule has 0 aliphatic rings. The number of carboxylic acid groups (broad SMARTS) is 1. The lowest BCUT2D eigenvalue weighted by molar-refractivity contribution is -0.137. The summed E-state index contributed by atoms with van der Waals surface area (Å²) in [7, 11) is 1.18. The van der Waals surface area contributed by atoms with Crippen LogP contribution in [0, 0.1) is 6.92 Å². The predicted octanol–water partition coefficient (Wildman–Crippen LogP) is 2.91. The number of aromatic nitrogens is 2. The zero-order valence-corrected chi connectivity index (χ0v) is 11.1. The molecule has 8 heteroatoms. The molecule has 0 bridgehead atoms. The van der Waals surface area contributed by atoms with Gasteiger partial charge in [-0.3, -0.25) is 0 Å². The molecule has 21 heavy (non-hydrogen) atoms. The Morgan fingerprint density at radius 3 is 2.48 bits per heavy atom. The van der Waals surface area contributed by atoms with Crippen molar-refractivity contribution >= 4 is 5.97 Å². The van der Waals surface area contributed by atoms with Crippen molar-refractivity contribution in [2.45, 2.75) is 13.1 Å². The van der Waals surface area contributed by atoms with Gasteiger partial charge in [0.15, 0.2) is 0 Å². The fourth-order valence-corrected chi connectivity index (χ4v) is 2.00. The van der Waals surface area contributed by atoms with Gasteiger partial charge in [-0.05, 0) is 19.1 Å². The number of methoxy groups -OCH3 is 1. The Balaban J connectivity index is 2.75. The first kappa shape index (κ1) is 14.9. The Bertz CT molecular complexity index is 692. The number of hydrogen-bond donors (Lipinski definition) is 1. The lowest BCUT2D eigenvalue weighted by Gasteiger charge is -2.14. The van der Waals surface area contributed by atoms with E-state index < -0.39 is 17.7 Å². The van der Waals surface area contributed by atoms with Crippen molar-refractivity contribution < 1.29 is 27.8 Å². The number of rotatable bonds is 3. The number of para-hydroxylation sites is 1. The largest absolute Gasteiger partial charge is 0.480 e. The molecule has 5 nitrogen and oxygen atoms in total. The molecule has 0 fully saturated rings. The van der Waals surface area contributed by atoms with E-state index in [9.17, 15) is 18.0 Å². The third-order valence-electron chi connectivity index (χ3n) is 2.86. The fraction of sp³-hybridized carbons (Fsp3) is 0.231. The van der Waals surface area contributed by atoms with Crippen molar-refractivity contribution in [2.24, 2.45) is 0 Å². The Kier molecular flexibility index (Phi) is 3.63. The second kappa shape index (κ2) is 5.12. The quantitative estimate of drug-likeness (QED) is 0.946. The zero-order chi connectivity index (χ0) is 15.8. The van der Waals surface area contributed by atoms with E-state index >= 15 is 0 Å². The topological polar surface area (TPSA) is 64.3 Å². The smallest absolute Gasteiger partial charge is 0.418 e. The van der Waals surface area contributed by atoms with Gasteiger partial charge in [0.05, 0.1) is 24.1 Å². The van der Waals surface area contributed by atoms with Crippen molar-refractivity contribution in [1.82, 2.24) is 9.78 Å². The van der Waals surface area contributed by atoms with Gasteiger partial charge in [0.25, 0.3) is 0 Å². The van der Waals surface area contributed by atoms with Gasteiger partial charge in [0, 0.05) is 0 Å². The highest BCUT2D eigenvalue weighted by Gasteiger charge is 2.35. The molecular formula is C13H11F3N2O3. The summed E-state index contributed by atoms with van der Waals surface area (Å²) < 4.78 is 44.9. The third-order valence-corrected chi connectivity index (χ3v) is 2.86. The first-order valence-electron chi connectivity index (χ1n) is 5.81. The summed E-state index contributed by atoms with van der Waals surface area (Å²) >= 11 is 0. The molecule has 0 atom stereocenters. The highest BCUT2D eigenvalue weighted by molar-refractivity contribution is 5.91. The van der Waals surface area contributed by atoms with Crippen molar-refractivity contribution in [3.63, 3.8) is 0 Å². The molecule has 0 spiro atoms. The molecule has 2 aromatic rings. The minimum Gasteiger partial charge on any atom is -0.480 e. The summed E-state index contributed by atoms with van der Waals surface area (Å²) in [5.74, 6) is -1.57. The first-order valence-corrected chi connectivity index (χ1v) is 5.81. The third kappa shape index (κ3) is 2.56. The van der Waals surface area contributed by atoms with Crippen LogP contribution in [-0.4, -0.2) is 28.0 Å². The summed E-state index contributed by atoms with van der Waals surface area (Å²) in [4.78, 5) is 11.2. The van der Waals surface area contributed by atoms with Gasteiger partial charge < -0.3 is 9.84 Å². The first-order chi connectivity index (χ1) is 9.77. The molecular weight excluding hydrogens is 289 g/mol. The van der Waals surface area contributed by atoms with Crippen LogP contribution in [0.4, 0.5) is 13.2 Å². The van der Waals surface area contributed by atoms with Crippen LogP contribution in [0.15, 0.2) is 24.3 Å². The maximum atomic E-state index is 13.0. The fourth-order valence-electron chi connectivity index (χ4n) is 2.00. The molecule has 0 saturated heterocycles. The maximum absolute atomic E-state index is 13.0. The summed E-state index contributed by atoms with van der Waals surface area (Å²) in [6.45, 7) is 1.39. The van der Waals surface area contributed by atoms with Gasteiger partial charge in [0.1, 0.15) is 5.56 Å². The molecule has 1 N–H and O–H groups in total. The average Bonchev–Trinajstić information content (AvgIpc) is 2.74. The lowest BCUT2D eigenvalue weighted by atomic mass is 10.1. The summed E-state index contributed by atoms with van der Waals surface area (Å²) in [5, 5.41) is 13.0. The molecule has 0 radical (unpaired) electrons. The lowest BCUT2D eigenvalue weighted by Crippen LogP contribution is -2.12. The Labute approximate surface area is 117 Å². The summed E-state index contributed by atoms with van der Waals surface area (Å²) in [5.41, 5.74) is -1.43. The number of halogens is 3. The van der Waals surface area contributed by atoms with Crippen molar-refractivity contribution in [2.75, 3.05) is 7.11 Å². The Morgan fingerprint density at radius 2 is 1.95 bits per heavy atom. The van der Waals surface area contributed by atoms with Crippen molar-refractivity contribution in [1.29, 1.82) is 0 Å². The minimum absolute atomic E-state index is 0.0660. The van der Waals surface area contributed by atoms with Crippen LogP contribution in [0.1, 0.15) is 21.6 Å². The van der Waals surface area contributed by atoms with Gasteiger partial charge in [-0.25, -0.2) is 4.79 Å². The Morgan fingerprint density at radius 1 is 1.33 bits per heavy atom. The van der Waals surface area contributed by atoms with Crippen molar-refractivity contribution in [3.05, 3.63) is 41.1 Å². The number of aryl methyl sites for hydroxylation is 1. The SMILES string of the molecule is COc1c(C(=O)O)c(C)nn1-c1ccccc1C(F)(F)F. The van der Waals surface area contributed by atoms with E-state index in [0.29, 0.717) is 0 Å². The van der Waals surface area contributed by atoms with Crippen LogP contribution in [0.5, 0.6) is 5.88 Å². The van der Waals surface area contributed by atoms with Gasteiger partial charge in [0.2, 0.25) is 5.88 Å². The van der Waals surface area contributed by atoms with E-state index in [4.69, 9.17) is 9.84 Å². The Hall–Kier alpha value is -2.51. The molecule has 0 aliphatic carbocycles. The van der Waals surface area contributed by atoms with Crippen LogP contribution in [0.3, 0.4) is 0 Å². The average molecular weight is 300 g/mol. The molecule has 1 aromatic heterocycles. The van der Waals surface area contributed by atoms with E-state index in [1.54, 1.807) is 0 Å². The molecule has 0 aliphatic heterocycles. The van der Waals surface area contributed by atoms with Crippen LogP contribution in [0.25, 0.3) is 5.69 Å². The van der Waals surface area contributed by atoms with Crippen LogP contribution in [0.2, 0.25) is 0 Å². The van der Waals surface area contributed by atoms with E-state index in [-0.39, 0.29) is 22.8 Å². The maximum Gasteiger partial charge on any atom is 0.418 e. The van der Waals surface area contributed by atoms with E-state index in [1.165, 1.54) is 32.2 Å². The number of carboxylic acids is 1. The molecule has 0 saturated carbocycles. The molecule has 0 amide bonds. The number of aromatic carboxylic acids is 1. The summed E-state index contributed by atoms with van der Waals surface area (Å²) in [6.07, 6.45) is -4.59. The molecule has 1 aromatic carbocycles. The standard InChI is InChI=1S/C13H11F3N2O3/c1-7-10(12(19)20)11(21-2)18(17-7)9-6-4-3-5-8(9)13(14,15)16/h3-6H,1-2H3,(H,19,20). The van der Waals surface area contributed by atoms with Crippen LogP contribution in [-0.2, 0) is 6.18 Å². The summed E-state index contributed by atoms with van der Waals surface area (Å²) in [6, 6.07) is 4.74. The second-order valence-electron chi connectivity index (χ2n) is 4.20. The highest BCUT2D eigenvalue weighted by Crippen LogP contribution is 2.36. The van der Waals surface area contributed by atoms with Gasteiger partial charge in [-0.1, -0.05) is 12.1 Å². The monoisotopic (exact) mass is 300 g/mol. The normalized spacial score (nSPS) is 11.5. The molecule has 0 unspecified atom stereocenters. The van der Waals surface area contributed by atoms with Crippen LogP contribution >= 0.6 is 0 Å². The molecule has 1 heterocycles. The van der Waals surface area contributed by atoms with Gasteiger partial charge in [-0.2, -0.15) is 23.0 Å². The predicted molar refractivity (Wildman–Crippen MR) is 66.8 cm³/mol. The number of ether oxygens (including phenoxy) is 1. The number of alkyl halides is 3. The van der Waals surface area contributed by atoms with Crippen molar-refractivity contribution in [3.8, 4) is 11.6 Å². The van der Waals surface area contributed by atoms with Crippen LogP contribution < -0.4 is 4.74 Å². The van der Waals surface area contributed by atoms with Gasteiger partial charge in [-0.15, -0.1) is 0 Å². The van der Waals surface area contributed by atoms with E-state index in [0.717, 1.165) is 10.7 Å². The minimum atomic E-state index is -4.59. The second-order valence-corrected chi connectivity index (χ2v) is 4.20. The van der Waals surface area contributed by atoms with Gasteiger partial charge >= 0.3 is 12.1 Å². The number of hydrogen-bond acceptors (Lipinski definition) is 3. The number of nitrogens with zero attached hydrogens (tertiary/aromatic N) is 2. The van der Waals surface area contributed by atoms with E-state index in [1.807, 2.05) is 0 Å². The number of carbonyl (C=O) groups is 1. The highest BCUT2D eigenvalue weighted by atomic mass is 19.4. The van der Waals surface area contributed by atoms with E-state index in [2.05, 4.69) is 5.10 Å². The molecule has 112 valence electrons.